The van der Waals surface area contributed by atoms with Crippen LogP contribution in [0.15, 0.2) is 90.1 Å². The monoisotopic (exact) mass is 879 g/mol. The van der Waals surface area contributed by atoms with Crippen molar-refractivity contribution in [1.29, 1.82) is 0 Å². The van der Waals surface area contributed by atoms with Crippen molar-refractivity contribution in [2.75, 3.05) is 23.4 Å². The number of nitrogens with zero attached hydrogens (tertiary/aromatic N) is 3. The first kappa shape index (κ1) is 44.5. The van der Waals surface area contributed by atoms with Crippen LogP contribution in [-0.4, -0.2) is 119 Å². The fourth-order valence-electron chi connectivity index (χ4n) is 9.49. The summed E-state index contributed by atoms with van der Waals surface area (Å²) in [5.74, 6) is -6.57. The molecule has 3 aliphatic heterocycles. The van der Waals surface area contributed by atoms with Crippen LogP contribution >= 0.6 is 0 Å². The Labute approximate surface area is 368 Å². The third-order valence-electron chi connectivity index (χ3n) is 12.8. The van der Waals surface area contributed by atoms with E-state index in [-0.39, 0.29) is 35.9 Å². The van der Waals surface area contributed by atoms with Gasteiger partial charge in [0.05, 0.1) is 19.0 Å². The SMILES string of the molecule is NC1CCCC1(CC1c2cc(O)c(OC3(O)OC(CO)C(O)C(O)C3O)cc2N(C(=O)C=Cc2ccc(O)c(C[C+]3[N-][CH+]N=C3CCNc3ccc[nH]3)c2)C1C(=O)O)c1ccccc1. The maximum Gasteiger partial charge on any atom is 0.355 e. The van der Waals surface area contributed by atoms with E-state index >= 15 is 0 Å². The standard InChI is InChI=1S/C46H50N6O12/c47-37-8-4-15-45(37,27-6-2-1-3-7-27)22-29-28-20-34(55)35(63-46(62)43(59)42(58)41(57)36(23-53)64-46)21-32(28)52(40(29)44(60)61)39(56)13-11-25-10-12-33(54)26(18-25)19-31-30(50-24-51-31)14-17-49-38-9-5-16-48-38/h1-3,5-7,9-13,16,18,20-21,24,29,36-37,40-43,48-49,53,57-59,62H,4,8,14-15,17,19,22-23,47H2,(H2-,54,55,56,60,61)/p+1. The van der Waals surface area contributed by atoms with Gasteiger partial charge in [0.25, 0.3) is 5.91 Å². The van der Waals surface area contributed by atoms with Gasteiger partial charge in [-0.2, -0.15) is 0 Å². The van der Waals surface area contributed by atoms with Crippen LogP contribution in [0.5, 0.6) is 17.2 Å². The molecule has 8 rings (SSSR count). The summed E-state index contributed by atoms with van der Waals surface area (Å²) in [4.78, 5) is 36.6. The summed E-state index contributed by atoms with van der Waals surface area (Å²) in [7, 11) is 0. The number of aromatic amines is 1. The molecule has 4 heterocycles. The molecular formula is C46H51N6O12+. The van der Waals surface area contributed by atoms with Gasteiger partial charge >= 0.3 is 17.7 Å². The van der Waals surface area contributed by atoms with Crippen LogP contribution in [0.4, 0.5) is 11.5 Å². The molecule has 12 N–H and O–H groups in total. The molecule has 3 aromatic carbocycles. The summed E-state index contributed by atoms with van der Waals surface area (Å²) < 4.78 is 10.9. The predicted octanol–water partition coefficient (Wildman–Crippen LogP) is 2.88. The zero-order valence-electron chi connectivity index (χ0n) is 34.6. The largest absolute Gasteiger partial charge is 0.508 e. The number of aromatic hydroxyl groups is 2. The highest BCUT2D eigenvalue weighted by Crippen LogP contribution is 2.54. The Morgan fingerprint density at radius 3 is 2.58 bits per heavy atom. The van der Waals surface area contributed by atoms with E-state index in [1.807, 2.05) is 48.7 Å². The number of H-pyrrole nitrogens is 1. The highest BCUT2D eigenvalue weighted by atomic mass is 16.8. The van der Waals surface area contributed by atoms with Crippen molar-refractivity contribution in [2.24, 2.45) is 10.7 Å². The van der Waals surface area contributed by atoms with Gasteiger partial charge in [0.1, 0.15) is 48.8 Å². The van der Waals surface area contributed by atoms with Crippen LogP contribution in [0.2, 0.25) is 0 Å². The second-order valence-electron chi connectivity index (χ2n) is 16.6. The third-order valence-corrected chi connectivity index (χ3v) is 12.8. The number of aliphatic hydroxyl groups excluding tert-OH is 4. The number of ether oxygens (including phenoxy) is 2. The van der Waals surface area contributed by atoms with Crippen molar-refractivity contribution in [3.8, 4) is 17.2 Å². The molecule has 1 saturated heterocycles. The van der Waals surface area contributed by atoms with E-state index in [0.717, 1.165) is 34.5 Å². The number of phenolic OH excluding ortho intramolecular Hbond substituents is 2. The lowest BCUT2D eigenvalue weighted by Gasteiger charge is -2.44. The van der Waals surface area contributed by atoms with E-state index in [4.69, 9.17) is 15.2 Å². The van der Waals surface area contributed by atoms with Crippen molar-refractivity contribution in [1.82, 2.24) is 4.98 Å². The number of rotatable bonds is 15. The van der Waals surface area contributed by atoms with Crippen LogP contribution in [0.1, 0.15) is 60.3 Å². The summed E-state index contributed by atoms with van der Waals surface area (Å²) >= 11 is 0. The smallest absolute Gasteiger partial charge is 0.355 e. The van der Waals surface area contributed by atoms with Gasteiger partial charge < -0.3 is 66.4 Å². The molecule has 1 aliphatic carbocycles. The number of nitrogens with one attached hydrogen (secondary N) is 2. The molecule has 18 heteroatoms. The minimum atomic E-state index is -3.13. The van der Waals surface area contributed by atoms with E-state index in [0.29, 0.717) is 43.0 Å². The number of fused-ring (bicyclic) bond motifs is 1. The van der Waals surface area contributed by atoms with E-state index in [9.17, 15) is 50.4 Å². The van der Waals surface area contributed by atoms with Gasteiger partial charge in [-0.3, -0.25) is 15.0 Å². The van der Waals surface area contributed by atoms with E-state index in [1.54, 1.807) is 12.1 Å². The second kappa shape index (κ2) is 18.2. The lowest BCUT2D eigenvalue weighted by Crippen LogP contribution is -2.67. The first-order valence-corrected chi connectivity index (χ1v) is 21.0. The number of amides is 1. The molecule has 0 bridgehead atoms. The van der Waals surface area contributed by atoms with Gasteiger partial charge in [-0.05, 0) is 72.4 Å². The maximum atomic E-state index is 14.6. The molecule has 9 unspecified atom stereocenters. The van der Waals surface area contributed by atoms with Crippen molar-refractivity contribution in [3.05, 3.63) is 125 Å². The summed E-state index contributed by atoms with van der Waals surface area (Å²) in [6, 6.07) is 19.2. The number of aromatic nitrogens is 1. The second-order valence-corrected chi connectivity index (χ2v) is 16.6. The van der Waals surface area contributed by atoms with Crippen LogP contribution in [0.3, 0.4) is 0 Å². The molecule has 336 valence electrons. The molecule has 1 saturated carbocycles. The quantitative estimate of drug-likeness (QED) is 0.0465. The maximum absolute atomic E-state index is 14.6. The number of benzene rings is 3. The summed E-state index contributed by atoms with van der Waals surface area (Å²) in [6.07, 6.45) is -0.294. The number of phenols is 2. The number of hydrogen-bond donors (Lipinski definition) is 11. The number of carbonyl (C=O) groups excluding carboxylic acids is 1. The topological polar surface area (TPSA) is 298 Å². The van der Waals surface area contributed by atoms with Crippen molar-refractivity contribution >= 4 is 35.2 Å². The number of carboxylic acids is 1. The number of aliphatic hydroxyl groups is 5. The Kier molecular flexibility index (Phi) is 12.6. The molecule has 4 aromatic rings. The molecule has 2 fully saturated rings. The molecule has 9 atom stereocenters. The first-order chi connectivity index (χ1) is 30.7. The van der Waals surface area contributed by atoms with Gasteiger partial charge in [0.2, 0.25) is 0 Å². The Balaban J connectivity index is 1.11. The third kappa shape index (κ3) is 8.49. The van der Waals surface area contributed by atoms with E-state index in [2.05, 4.69) is 20.6 Å². The van der Waals surface area contributed by atoms with Crippen molar-refractivity contribution in [2.45, 2.75) is 92.3 Å². The molecular weight excluding hydrogens is 829 g/mol. The summed E-state index contributed by atoms with van der Waals surface area (Å²) in [5.41, 5.74) is 9.05. The Bertz CT molecular complexity index is 2380. The lowest BCUT2D eigenvalue weighted by atomic mass is 9.68. The number of carbonyl (C=O) groups is 2. The van der Waals surface area contributed by atoms with E-state index < -0.39 is 77.7 Å². The van der Waals surface area contributed by atoms with Crippen LogP contribution in [0.25, 0.3) is 11.4 Å². The minimum absolute atomic E-state index is 0.00458. The van der Waals surface area contributed by atoms with Crippen molar-refractivity contribution < 1.29 is 59.9 Å². The average Bonchev–Trinajstić information content (AvgIpc) is 4.10. The summed E-state index contributed by atoms with van der Waals surface area (Å²) in [6.45, 7) is 1.15. The van der Waals surface area contributed by atoms with Crippen LogP contribution in [0, 0.1) is 12.7 Å². The molecule has 0 spiro atoms. The van der Waals surface area contributed by atoms with Crippen molar-refractivity contribution in [3.63, 3.8) is 0 Å². The lowest BCUT2D eigenvalue weighted by molar-refractivity contribution is -0.422. The molecule has 64 heavy (non-hydrogen) atoms. The number of aliphatic carboxylic acids is 1. The zero-order valence-corrected chi connectivity index (χ0v) is 34.6. The number of anilines is 2. The Hall–Kier alpha value is -6.09. The van der Waals surface area contributed by atoms with Gasteiger partial charge in [-0.15, -0.1) is 0 Å². The minimum Gasteiger partial charge on any atom is -0.508 e. The summed E-state index contributed by atoms with van der Waals surface area (Å²) in [5, 5.41) is 93.5. The van der Waals surface area contributed by atoms with Crippen LogP contribution in [-0.2, 0) is 26.2 Å². The highest BCUT2D eigenvalue weighted by Gasteiger charge is 2.56. The predicted molar refractivity (Wildman–Crippen MR) is 233 cm³/mol. The number of hydrogen-bond acceptors (Lipinski definition) is 14. The molecule has 4 aliphatic rings. The normalized spacial score (nSPS) is 28.8. The van der Waals surface area contributed by atoms with Crippen LogP contribution < -0.4 is 20.7 Å². The highest BCUT2D eigenvalue weighted by molar-refractivity contribution is 6.10. The Morgan fingerprint density at radius 2 is 1.88 bits per heavy atom. The molecule has 0 radical (unpaired) electrons. The van der Waals surface area contributed by atoms with Gasteiger partial charge in [0.15, 0.2) is 23.6 Å². The number of carboxylic acid groups (broad SMARTS) is 1. The molecule has 1 aromatic heterocycles. The Morgan fingerprint density at radius 1 is 1.08 bits per heavy atom. The first-order valence-electron chi connectivity index (χ1n) is 21.0. The zero-order chi connectivity index (χ0) is 45.3. The van der Waals surface area contributed by atoms with Gasteiger partial charge in [0, 0.05) is 47.8 Å². The molecule has 1 amide bonds. The van der Waals surface area contributed by atoms with Gasteiger partial charge in [-0.25, -0.2) is 4.79 Å². The van der Waals surface area contributed by atoms with E-state index in [1.165, 1.54) is 31.0 Å². The average molecular weight is 880 g/mol. The number of nitrogens with two attached hydrogens (primary N) is 1. The molecule has 18 nitrogen and oxygen atoms in total. The van der Waals surface area contributed by atoms with Gasteiger partial charge in [-0.1, -0.05) is 47.8 Å². The fourth-order valence-corrected chi connectivity index (χ4v) is 9.49. The fraction of sp³-hybridized carbons (Fsp3) is 0.370. The number of aliphatic imine (C=N–C) groups is 1.